The lowest BCUT2D eigenvalue weighted by atomic mass is 9.84. The Kier molecular flexibility index (Phi) is 4.70. The Hall–Kier alpha value is -0.280. The minimum absolute atomic E-state index is 0. The number of likely N-dealkylation sites (tertiary alicyclic amines) is 1. The van der Waals surface area contributed by atoms with E-state index in [-0.39, 0.29) is 12.4 Å². The van der Waals surface area contributed by atoms with E-state index in [1.54, 1.807) is 0 Å². The molecule has 4 heteroatoms. The van der Waals surface area contributed by atoms with Crippen LogP contribution in [-0.4, -0.2) is 37.0 Å². The summed E-state index contributed by atoms with van der Waals surface area (Å²) in [5.41, 5.74) is 0.511. The van der Waals surface area contributed by atoms with Crippen molar-refractivity contribution in [2.24, 2.45) is 29.1 Å². The first-order valence-corrected chi connectivity index (χ1v) is 7.98. The van der Waals surface area contributed by atoms with Gasteiger partial charge in [0.1, 0.15) is 0 Å². The number of hydrogen-bond acceptors (Lipinski definition) is 2. The van der Waals surface area contributed by atoms with Gasteiger partial charge in [0.05, 0.1) is 0 Å². The van der Waals surface area contributed by atoms with Gasteiger partial charge >= 0.3 is 0 Å². The van der Waals surface area contributed by atoms with Crippen LogP contribution in [0.1, 0.15) is 40.0 Å². The second-order valence-electron chi connectivity index (χ2n) is 7.60. The lowest BCUT2D eigenvalue weighted by Crippen LogP contribution is -2.36. The molecule has 0 aromatic carbocycles. The molecule has 3 fully saturated rings. The predicted octanol–water partition coefficient (Wildman–Crippen LogP) is 2.55. The lowest BCUT2D eigenvalue weighted by Gasteiger charge is -2.30. The van der Waals surface area contributed by atoms with E-state index in [4.69, 9.17) is 0 Å². The number of hydrogen-bond donors (Lipinski definition) is 1. The van der Waals surface area contributed by atoms with Crippen LogP contribution in [0.4, 0.5) is 0 Å². The van der Waals surface area contributed by atoms with E-state index in [9.17, 15) is 4.79 Å². The van der Waals surface area contributed by atoms with E-state index in [2.05, 4.69) is 31.0 Å². The molecule has 3 unspecified atom stereocenters. The van der Waals surface area contributed by atoms with Gasteiger partial charge in [0.2, 0.25) is 5.91 Å². The van der Waals surface area contributed by atoms with Gasteiger partial charge in [-0.3, -0.25) is 4.79 Å². The highest BCUT2D eigenvalue weighted by Crippen LogP contribution is 2.62. The van der Waals surface area contributed by atoms with Crippen molar-refractivity contribution in [3.05, 3.63) is 0 Å². The third-order valence-corrected chi connectivity index (χ3v) is 6.16. The highest BCUT2D eigenvalue weighted by atomic mass is 35.5. The Balaban J connectivity index is 0.00000147. The third-order valence-electron chi connectivity index (χ3n) is 6.16. The summed E-state index contributed by atoms with van der Waals surface area (Å²) in [6.07, 6.45) is 3.25. The zero-order valence-corrected chi connectivity index (χ0v) is 13.8. The average Bonchev–Trinajstić information content (AvgIpc) is 2.81. The van der Waals surface area contributed by atoms with Crippen LogP contribution >= 0.6 is 12.4 Å². The number of piperidine rings is 2. The Morgan fingerprint density at radius 1 is 1.25 bits per heavy atom. The fraction of sp³-hybridized carbons (Fsp3) is 0.938. The van der Waals surface area contributed by atoms with Gasteiger partial charge in [-0.1, -0.05) is 20.8 Å². The predicted molar refractivity (Wildman–Crippen MR) is 84.0 cm³/mol. The Bertz CT molecular complexity index is 351. The fourth-order valence-corrected chi connectivity index (χ4v) is 4.32. The lowest BCUT2D eigenvalue weighted by molar-refractivity contribution is -0.132. The number of carbonyl (C=O) groups is 1. The van der Waals surface area contributed by atoms with Crippen LogP contribution < -0.4 is 5.32 Å². The maximum atomic E-state index is 12.4. The molecule has 1 amide bonds. The van der Waals surface area contributed by atoms with E-state index < -0.39 is 0 Å². The van der Waals surface area contributed by atoms with Crippen molar-refractivity contribution in [1.29, 1.82) is 0 Å². The number of carbonyl (C=O) groups excluding carboxylic acids is 1. The highest BCUT2D eigenvalue weighted by Gasteiger charge is 2.62. The van der Waals surface area contributed by atoms with Gasteiger partial charge < -0.3 is 10.2 Å². The number of nitrogens with zero attached hydrogens (tertiary/aromatic N) is 1. The van der Waals surface area contributed by atoms with Gasteiger partial charge in [-0.2, -0.15) is 0 Å². The van der Waals surface area contributed by atoms with Crippen molar-refractivity contribution in [3.63, 3.8) is 0 Å². The molecule has 20 heavy (non-hydrogen) atoms. The minimum atomic E-state index is 0. The molecule has 1 N–H and O–H groups in total. The largest absolute Gasteiger partial charge is 0.342 e. The Labute approximate surface area is 129 Å². The Morgan fingerprint density at radius 2 is 1.80 bits per heavy atom. The molecule has 0 spiro atoms. The molecule has 1 saturated carbocycles. The molecule has 0 aromatic heterocycles. The van der Waals surface area contributed by atoms with Crippen LogP contribution in [0.5, 0.6) is 0 Å². The van der Waals surface area contributed by atoms with Crippen molar-refractivity contribution < 1.29 is 4.79 Å². The van der Waals surface area contributed by atoms with Crippen LogP contribution in [0, 0.1) is 29.1 Å². The van der Waals surface area contributed by atoms with Crippen molar-refractivity contribution in [2.45, 2.75) is 40.0 Å². The summed E-state index contributed by atoms with van der Waals surface area (Å²) in [4.78, 5) is 14.5. The number of nitrogens with one attached hydrogen (secondary N) is 1. The molecule has 2 saturated heterocycles. The second-order valence-corrected chi connectivity index (χ2v) is 7.60. The third kappa shape index (κ3) is 2.85. The maximum Gasteiger partial charge on any atom is 0.222 e. The van der Waals surface area contributed by atoms with E-state index in [1.807, 2.05) is 0 Å². The summed E-state index contributed by atoms with van der Waals surface area (Å²) in [5.74, 6) is 3.28. The first-order valence-electron chi connectivity index (χ1n) is 7.98. The number of amides is 1. The summed E-state index contributed by atoms with van der Waals surface area (Å²) in [7, 11) is 0. The van der Waals surface area contributed by atoms with Crippen molar-refractivity contribution in [2.75, 3.05) is 26.2 Å². The molecular formula is C16H29ClN2O. The standard InChI is InChI=1S/C16H28N2O.ClH/c1-11(12-4-6-17-7-5-12)8-15(19)18-9-13-14(10-18)16(13,2)3;/h11-14,17H,4-10H2,1-3H3;1H. The molecule has 1 aliphatic carbocycles. The number of rotatable bonds is 3. The molecule has 2 aliphatic heterocycles. The summed E-state index contributed by atoms with van der Waals surface area (Å²) in [6.45, 7) is 11.3. The molecule has 3 aliphatic rings. The summed E-state index contributed by atoms with van der Waals surface area (Å²) >= 11 is 0. The van der Waals surface area contributed by atoms with Gasteiger partial charge in [-0.05, 0) is 55.0 Å². The SMILES string of the molecule is CC(CC(=O)N1CC2C(C1)C2(C)C)C1CCNCC1.Cl. The summed E-state index contributed by atoms with van der Waals surface area (Å²) in [5, 5.41) is 3.40. The molecular weight excluding hydrogens is 272 g/mol. The number of fused-ring (bicyclic) bond motifs is 1. The van der Waals surface area contributed by atoms with Crippen molar-refractivity contribution in [3.8, 4) is 0 Å². The molecule has 3 rings (SSSR count). The van der Waals surface area contributed by atoms with Crippen molar-refractivity contribution >= 4 is 18.3 Å². The van der Waals surface area contributed by atoms with E-state index in [0.29, 0.717) is 17.2 Å². The van der Waals surface area contributed by atoms with E-state index in [1.165, 1.54) is 12.8 Å². The van der Waals surface area contributed by atoms with Gasteiger partial charge in [0.15, 0.2) is 0 Å². The van der Waals surface area contributed by atoms with Gasteiger partial charge in [0.25, 0.3) is 0 Å². The molecule has 0 bridgehead atoms. The average molecular weight is 301 g/mol. The molecule has 3 atom stereocenters. The zero-order chi connectivity index (χ0) is 13.6. The van der Waals surface area contributed by atoms with Crippen LogP contribution in [0.15, 0.2) is 0 Å². The molecule has 0 radical (unpaired) electrons. The molecule has 2 heterocycles. The Morgan fingerprint density at radius 3 is 2.35 bits per heavy atom. The topological polar surface area (TPSA) is 32.3 Å². The fourth-order valence-electron chi connectivity index (χ4n) is 4.32. The molecule has 3 nitrogen and oxygen atoms in total. The first-order chi connectivity index (χ1) is 9.00. The summed E-state index contributed by atoms with van der Waals surface area (Å²) in [6, 6.07) is 0. The maximum absolute atomic E-state index is 12.4. The molecule has 0 aromatic rings. The molecule has 116 valence electrons. The van der Waals surface area contributed by atoms with Gasteiger partial charge in [0, 0.05) is 19.5 Å². The monoisotopic (exact) mass is 300 g/mol. The van der Waals surface area contributed by atoms with E-state index >= 15 is 0 Å². The quantitative estimate of drug-likeness (QED) is 0.869. The second kappa shape index (κ2) is 5.84. The van der Waals surface area contributed by atoms with Gasteiger partial charge in [-0.15, -0.1) is 12.4 Å². The minimum Gasteiger partial charge on any atom is -0.342 e. The van der Waals surface area contributed by atoms with Crippen LogP contribution in [0.2, 0.25) is 0 Å². The smallest absolute Gasteiger partial charge is 0.222 e. The highest BCUT2D eigenvalue weighted by molar-refractivity contribution is 5.85. The van der Waals surface area contributed by atoms with Gasteiger partial charge in [-0.25, -0.2) is 0 Å². The number of halogens is 1. The van der Waals surface area contributed by atoms with Crippen LogP contribution in [0.3, 0.4) is 0 Å². The van der Waals surface area contributed by atoms with Crippen LogP contribution in [-0.2, 0) is 4.79 Å². The first kappa shape index (κ1) is 16.1. The van der Waals surface area contributed by atoms with Crippen molar-refractivity contribution in [1.82, 2.24) is 10.2 Å². The zero-order valence-electron chi connectivity index (χ0n) is 13.0. The van der Waals surface area contributed by atoms with E-state index in [0.717, 1.165) is 50.4 Å². The van der Waals surface area contributed by atoms with Crippen LogP contribution in [0.25, 0.3) is 0 Å². The normalized spacial score (nSPS) is 33.2. The summed E-state index contributed by atoms with van der Waals surface area (Å²) < 4.78 is 0.